The number of thiophene rings is 1. The van der Waals surface area contributed by atoms with E-state index in [0.29, 0.717) is 5.92 Å². The number of fused-ring (bicyclic) bond motifs is 3. The summed E-state index contributed by atoms with van der Waals surface area (Å²) < 4.78 is 0. The van der Waals surface area contributed by atoms with Crippen molar-refractivity contribution in [1.29, 1.82) is 0 Å². The number of nitrogens with zero attached hydrogens (tertiary/aromatic N) is 2. The molecule has 1 N–H and O–H groups in total. The van der Waals surface area contributed by atoms with E-state index in [0.717, 1.165) is 41.8 Å². The topological polar surface area (TPSA) is 49.0 Å². The lowest BCUT2D eigenvalue weighted by atomic mass is 9.89. The summed E-state index contributed by atoms with van der Waals surface area (Å²) in [5.41, 5.74) is 3.86. The van der Waals surface area contributed by atoms with Gasteiger partial charge >= 0.3 is 0 Å². The summed E-state index contributed by atoms with van der Waals surface area (Å²) in [6.07, 6.45) is 3.24. The van der Waals surface area contributed by atoms with Crippen LogP contribution in [0.25, 0.3) is 10.2 Å². The molecule has 2 aromatic heterocycles. The second kappa shape index (κ2) is 7.21. The van der Waals surface area contributed by atoms with Crippen LogP contribution in [0.1, 0.15) is 53.7 Å². The van der Waals surface area contributed by atoms with Gasteiger partial charge in [-0.15, -0.1) is 11.3 Å². The van der Waals surface area contributed by atoms with Crippen molar-refractivity contribution in [3.63, 3.8) is 0 Å². The summed E-state index contributed by atoms with van der Waals surface area (Å²) in [4.78, 5) is 25.3. The maximum Gasteiger partial charge on any atom is 0.259 e. The minimum atomic E-state index is 0.0261. The Morgan fingerprint density at radius 1 is 1.37 bits per heavy atom. The molecule has 142 valence electrons. The molecule has 0 saturated heterocycles. The fourth-order valence-corrected chi connectivity index (χ4v) is 5.36. The number of rotatable bonds is 4. The Balaban J connectivity index is 1.65. The lowest BCUT2D eigenvalue weighted by molar-refractivity contribution is 0.243. The van der Waals surface area contributed by atoms with Crippen LogP contribution in [0, 0.1) is 12.8 Å². The normalized spacial score (nSPS) is 18.0. The average Bonchev–Trinajstić information content (AvgIpc) is 3.00. The first-order chi connectivity index (χ1) is 12.9. The number of benzene rings is 1. The standard InChI is InChI=1S/C22H27N3OS/c1-13-9-10-17-18(11-13)27-22-19(17)21(26)23-20(24-22)15(3)25(4)12-16-8-6-5-7-14(16)2/h5-8,13,15H,9-12H2,1-4H3,(H,23,24,26). The predicted octanol–water partition coefficient (Wildman–Crippen LogP) is 4.61. The second-order valence-corrected chi connectivity index (χ2v) is 9.08. The van der Waals surface area contributed by atoms with E-state index >= 15 is 0 Å². The van der Waals surface area contributed by atoms with E-state index in [1.807, 2.05) is 0 Å². The number of aromatic amines is 1. The SMILES string of the molecule is Cc1ccccc1CN(C)C(C)c1nc2sc3c(c2c(=O)[nH]1)CCC(C)C3. The Bertz CT molecular complexity index is 1040. The van der Waals surface area contributed by atoms with Crippen LogP contribution in [0.5, 0.6) is 0 Å². The van der Waals surface area contributed by atoms with E-state index in [-0.39, 0.29) is 11.6 Å². The zero-order valence-electron chi connectivity index (χ0n) is 16.5. The highest BCUT2D eigenvalue weighted by molar-refractivity contribution is 7.18. The molecule has 2 unspecified atom stereocenters. The Kier molecular flexibility index (Phi) is 4.91. The molecular weight excluding hydrogens is 354 g/mol. The Hall–Kier alpha value is -1.98. The third-order valence-electron chi connectivity index (χ3n) is 5.92. The predicted molar refractivity (Wildman–Crippen MR) is 112 cm³/mol. The maximum atomic E-state index is 12.8. The van der Waals surface area contributed by atoms with Gasteiger partial charge in [-0.25, -0.2) is 4.98 Å². The largest absolute Gasteiger partial charge is 0.309 e. The molecular formula is C22H27N3OS. The summed E-state index contributed by atoms with van der Waals surface area (Å²) in [5, 5.41) is 0.833. The summed E-state index contributed by atoms with van der Waals surface area (Å²) in [5.74, 6) is 1.46. The van der Waals surface area contributed by atoms with Crippen LogP contribution >= 0.6 is 11.3 Å². The number of aromatic nitrogens is 2. The molecule has 3 aromatic rings. The van der Waals surface area contributed by atoms with E-state index in [4.69, 9.17) is 4.98 Å². The van der Waals surface area contributed by atoms with Gasteiger partial charge in [0.05, 0.1) is 11.4 Å². The Morgan fingerprint density at radius 3 is 2.93 bits per heavy atom. The maximum absolute atomic E-state index is 12.8. The zero-order valence-corrected chi connectivity index (χ0v) is 17.3. The van der Waals surface area contributed by atoms with Gasteiger partial charge in [-0.3, -0.25) is 9.69 Å². The molecule has 0 bridgehead atoms. The Labute approximate surface area is 164 Å². The van der Waals surface area contributed by atoms with Crippen molar-refractivity contribution in [2.45, 2.75) is 52.6 Å². The molecule has 0 amide bonds. The van der Waals surface area contributed by atoms with Crippen LogP contribution in [0.2, 0.25) is 0 Å². The quantitative estimate of drug-likeness (QED) is 0.718. The van der Waals surface area contributed by atoms with Gasteiger partial charge in [0.1, 0.15) is 10.7 Å². The zero-order chi connectivity index (χ0) is 19.1. The van der Waals surface area contributed by atoms with Gasteiger partial charge in [0.2, 0.25) is 0 Å². The number of H-pyrrole nitrogens is 1. The fourth-order valence-electron chi connectivity index (χ4n) is 3.97. The molecule has 1 aromatic carbocycles. The lowest BCUT2D eigenvalue weighted by Gasteiger charge is -2.24. The lowest BCUT2D eigenvalue weighted by Crippen LogP contribution is -2.26. The molecule has 0 spiro atoms. The van der Waals surface area contributed by atoms with Crippen molar-refractivity contribution in [2.24, 2.45) is 5.92 Å². The first-order valence-electron chi connectivity index (χ1n) is 9.73. The molecule has 1 aliphatic rings. The molecule has 0 fully saturated rings. The molecule has 4 rings (SSSR count). The highest BCUT2D eigenvalue weighted by Gasteiger charge is 2.24. The van der Waals surface area contributed by atoms with E-state index in [2.05, 4.69) is 62.0 Å². The van der Waals surface area contributed by atoms with Crippen molar-refractivity contribution < 1.29 is 0 Å². The average molecular weight is 382 g/mol. The van der Waals surface area contributed by atoms with E-state index in [1.165, 1.54) is 21.6 Å². The van der Waals surface area contributed by atoms with Crippen molar-refractivity contribution in [2.75, 3.05) is 7.05 Å². The first-order valence-corrected chi connectivity index (χ1v) is 10.5. The van der Waals surface area contributed by atoms with E-state index in [1.54, 1.807) is 11.3 Å². The number of hydrogen-bond donors (Lipinski definition) is 1. The van der Waals surface area contributed by atoms with Gasteiger partial charge in [0, 0.05) is 11.4 Å². The van der Waals surface area contributed by atoms with Crippen LogP contribution in [-0.2, 0) is 19.4 Å². The van der Waals surface area contributed by atoms with Crippen LogP contribution in [0.3, 0.4) is 0 Å². The van der Waals surface area contributed by atoms with Gasteiger partial charge in [0.25, 0.3) is 5.56 Å². The van der Waals surface area contributed by atoms with Crippen LogP contribution in [0.15, 0.2) is 29.1 Å². The van der Waals surface area contributed by atoms with Crippen LogP contribution in [0.4, 0.5) is 0 Å². The molecule has 0 saturated carbocycles. The number of nitrogens with one attached hydrogen (secondary N) is 1. The Morgan fingerprint density at radius 2 is 2.15 bits per heavy atom. The van der Waals surface area contributed by atoms with Crippen molar-refractivity contribution in [3.05, 3.63) is 62.0 Å². The number of aryl methyl sites for hydroxylation is 2. The van der Waals surface area contributed by atoms with E-state index < -0.39 is 0 Å². The monoisotopic (exact) mass is 381 g/mol. The summed E-state index contributed by atoms with van der Waals surface area (Å²) in [7, 11) is 2.09. The van der Waals surface area contributed by atoms with Gasteiger partial charge in [-0.1, -0.05) is 31.2 Å². The summed E-state index contributed by atoms with van der Waals surface area (Å²) in [6, 6.07) is 8.47. The number of hydrogen-bond acceptors (Lipinski definition) is 4. The third kappa shape index (κ3) is 3.46. The van der Waals surface area contributed by atoms with Gasteiger partial charge < -0.3 is 4.98 Å². The second-order valence-electron chi connectivity index (χ2n) is 8.00. The van der Waals surface area contributed by atoms with Crippen molar-refractivity contribution >= 4 is 21.6 Å². The molecule has 2 heterocycles. The van der Waals surface area contributed by atoms with Crippen LogP contribution < -0.4 is 5.56 Å². The third-order valence-corrected chi connectivity index (χ3v) is 7.07. The van der Waals surface area contributed by atoms with Gasteiger partial charge in [-0.05, 0) is 62.8 Å². The molecule has 2 atom stereocenters. The van der Waals surface area contributed by atoms with Gasteiger partial charge in [0.15, 0.2) is 0 Å². The van der Waals surface area contributed by atoms with Gasteiger partial charge in [-0.2, -0.15) is 0 Å². The van der Waals surface area contributed by atoms with Crippen molar-refractivity contribution in [3.8, 4) is 0 Å². The summed E-state index contributed by atoms with van der Waals surface area (Å²) >= 11 is 1.72. The molecule has 0 aliphatic heterocycles. The summed E-state index contributed by atoms with van der Waals surface area (Å²) in [6.45, 7) is 7.36. The minimum absolute atomic E-state index is 0.0261. The smallest absolute Gasteiger partial charge is 0.259 e. The van der Waals surface area contributed by atoms with Crippen LogP contribution in [-0.4, -0.2) is 21.9 Å². The highest BCUT2D eigenvalue weighted by atomic mass is 32.1. The highest BCUT2D eigenvalue weighted by Crippen LogP contribution is 2.36. The fraction of sp³-hybridized carbons (Fsp3) is 0.455. The molecule has 1 aliphatic carbocycles. The molecule has 27 heavy (non-hydrogen) atoms. The molecule has 5 heteroatoms. The first kappa shape index (κ1) is 18.4. The van der Waals surface area contributed by atoms with Crippen molar-refractivity contribution in [1.82, 2.24) is 14.9 Å². The molecule has 4 nitrogen and oxygen atoms in total. The minimum Gasteiger partial charge on any atom is -0.309 e. The van der Waals surface area contributed by atoms with E-state index in [9.17, 15) is 4.79 Å². The molecule has 0 radical (unpaired) electrons.